The Morgan fingerprint density at radius 3 is 2.42 bits per heavy atom. The Hall–Kier alpha value is -1.55. The molecule has 19 heavy (non-hydrogen) atoms. The van der Waals surface area contributed by atoms with Crippen LogP contribution in [-0.4, -0.2) is 5.78 Å². The van der Waals surface area contributed by atoms with E-state index in [0.717, 1.165) is 22.2 Å². The second kappa shape index (κ2) is 5.61. The summed E-state index contributed by atoms with van der Waals surface area (Å²) in [6, 6.07) is 8.85. The molecule has 0 atom stereocenters. The number of hydrogen-bond acceptors (Lipinski definition) is 1. The molecule has 0 bridgehead atoms. The Labute approximate surface area is 118 Å². The van der Waals surface area contributed by atoms with Crippen LogP contribution in [0.2, 0.25) is 0 Å². The van der Waals surface area contributed by atoms with Crippen molar-refractivity contribution in [2.45, 2.75) is 13.3 Å². The molecule has 0 saturated heterocycles. The fourth-order valence-electron chi connectivity index (χ4n) is 1.85. The van der Waals surface area contributed by atoms with Gasteiger partial charge in [0.05, 0.1) is 0 Å². The highest BCUT2D eigenvalue weighted by Gasteiger charge is 2.16. The van der Waals surface area contributed by atoms with Crippen LogP contribution in [0.25, 0.3) is 0 Å². The predicted molar refractivity (Wildman–Crippen MR) is 73.3 cm³/mol. The third-order valence-corrected chi connectivity index (χ3v) is 3.39. The second-order valence-corrected chi connectivity index (χ2v) is 5.18. The highest BCUT2D eigenvalue weighted by molar-refractivity contribution is 9.10. The molecule has 0 aliphatic carbocycles. The monoisotopic (exact) mass is 324 g/mol. The van der Waals surface area contributed by atoms with Crippen molar-refractivity contribution in [3.8, 4) is 0 Å². The van der Waals surface area contributed by atoms with Crippen LogP contribution < -0.4 is 0 Å². The van der Waals surface area contributed by atoms with Gasteiger partial charge in [0.1, 0.15) is 11.6 Å². The molecule has 98 valence electrons. The first-order chi connectivity index (χ1) is 8.99. The topological polar surface area (TPSA) is 17.1 Å². The lowest BCUT2D eigenvalue weighted by atomic mass is 9.99. The summed E-state index contributed by atoms with van der Waals surface area (Å²) in [5.74, 6) is -1.69. The second-order valence-electron chi connectivity index (χ2n) is 4.26. The highest BCUT2D eigenvalue weighted by Crippen LogP contribution is 2.20. The molecule has 0 aliphatic rings. The maximum absolute atomic E-state index is 13.5. The lowest BCUT2D eigenvalue weighted by Crippen LogP contribution is -2.09. The van der Waals surface area contributed by atoms with Crippen LogP contribution in [0.5, 0.6) is 0 Å². The molecule has 0 fully saturated rings. The van der Waals surface area contributed by atoms with E-state index in [1.807, 2.05) is 6.07 Å². The number of rotatable bonds is 3. The van der Waals surface area contributed by atoms with Crippen LogP contribution in [0.4, 0.5) is 8.78 Å². The minimum atomic E-state index is -0.694. The van der Waals surface area contributed by atoms with Crippen molar-refractivity contribution in [3.63, 3.8) is 0 Å². The van der Waals surface area contributed by atoms with Crippen LogP contribution >= 0.6 is 15.9 Å². The SMILES string of the molecule is Cc1ccc(Br)cc1C(=O)Cc1c(F)cccc1F. The molecule has 0 saturated carbocycles. The maximum Gasteiger partial charge on any atom is 0.167 e. The Bertz CT molecular complexity index is 618. The van der Waals surface area contributed by atoms with Gasteiger partial charge in [0.15, 0.2) is 5.78 Å². The van der Waals surface area contributed by atoms with E-state index in [1.54, 1.807) is 19.1 Å². The first-order valence-electron chi connectivity index (χ1n) is 5.71. The molecule has 4 heteroatoms. The number of aryl methyl sites for hydroxylation is 1. The Morgan fingerprint density at radius 1 is 1.16 bits per heavy atom. The van der Waals surface area contributed by atoms with Crippen LogP contribution in [0.1, 0.15) is 21.5 Å². The summed E-state index contributed by atoms with van der Waals surface area (Å²) in [6.45, 7) is 1.79. The summed E-state index contributed by atoms with van der Waals surface area (Å²) in [4.78, 5) is 12.1. The molecule has 2 rings (SSSR count). The van der Waals surface area contributed by atoms with E-state index >= 15 is 0 Å². The number of halogens is 3. The van der Waals surface area contributed by atoms with E-state index in [2.05, 4.69) is 15.9 Å². The van der Waals surface area contributed by atoms with Crippen LogP contribution in [0, 0.1) is 18.6 Å². The molecule has 1 nitrogen and oxygen atoms in total. The Balaban J connectivity index is 2.34. The number of hydrogen-bond donors (Lipinski definition) is 0. The fourth-order valence-corrected chi connectivity index (χ4v) is 2.21. The van der Waals surface area contributed by atoms with Gasteiger partial charge < -0.3 is 0 Å². The van der Waals surface area contributed by atoms with Crippen molar-refractivity contribution in [1.29, 1.82) is 0 Å². The van der Waals surface area contributed by atoms with Crippen LogP contribution in [0.3, 0.4) is 0 Å². The largest absolute Gasteiger partial charge is 0.294 e. The first kappa shape index (κ1) is 13.9. The number of benzene rings is 2. The normalized spacial score (nSPS) is 10.5. The predicted octanol–water partition coefficient (Wildman–Crippen LogP) is 4.46. The van der Waals surface area contributed by atoms with Gasteiger partial charge in [-0.1, -0.05) is 28.1 Å². The first-order valence-corrected chi connectivity index (χ1v) is 6.50. The lowest BCUT2D eigenvalue weighted by molar-refractivity contribution is 0.0990. The molecule has 0 radical (unpaired) electrons. The average Bonchev–Trinajstić information content (AvgIpc) is 2.37. The van der Waals surface area contributed by atoms with Crippen molar-refractivity contribution in [2.75, 3.05) is 0 Å². The zero-order valence-electron chi connectivity index (χ0n) is 10.2. The summed E-state index contributed by atoms with van der Waals surface area (Å²) in [7, 11) is 0. The fraction of sp³-hybridized carbons (Fsp3) is 0.133. The molecule has 0 aliphatic heterocycles. The lowest BCUT2D eigenvalue weighted by Gasteiger charge is -2.07. The van der Waals surface area contributed by atoms with Gasteiger partial charge in [0.25, 0.3) is 0 Å². The zero-order valence-corrected chi connectivity index (χ0v) is 11.8. The summed E-state index contributed by atoms with van der Waals surface area (Å²) < 4.78 is 27.8. The van der Waals surface area contributed by atoms with Crippen molar-refractivity contribution in [2.24, 2.45) is 0 Å². The summed E-state index contributed by atoms with van der Waals surface area (Å²) in [6.07, 6.45) is -0.282. The smallest absolute Gasteiger partial charge is 0.167 e. The minimum Gasteiger partial charge on any atom is -0.294 e. The van der Waals surface area contributed by atoms with E-state index in [9.17, 15) is 13.6 Å². The molecule has 0 aromatic heterocycles. The van der Waals surface area contributed by atoms with E-state index in [0.29, 0.717) is 5.56 Å². The molecule has 0 N–H and O–H groups in total. The maximum atomic E-state index is 13.5. The minimum absolute atomic E-state index is 0.188. The van der Waals surface area contributed by atoms with E-state index < -0.39 is 11.6 Å². The van der Waals surface area contributed by atoms with Gasteiger partial charge >= 0.3 is 0 Å². The Morgan fingerprint density at radius 2 is 1.79 bits per heavy atom. The summed E-state index contributed by atoms with van der Waals surface area (Å²) in [5, 5.41) is 0. The van der Waals surface area contributed by atoms with Gasteiger partial charge in [-0.25, -0.2) is 8.78 Å². The zero-order chi connectivity index (χ0) is 14.0. The molecule has 0 amide bonds. The van der Waals surface area contributed by atoms with Crippen molar-refractivity contribution in [3.05, 3.63) is 69.2 Å². The van der Waals surface area contributed by atoms with Gasteiger partial charge in [-0.3, -0.25) is 4.79 Å². The van der Waals surface area contributed by atoms with E-state index in [1.165, 1.54) is 6.07 Å². The van der Waals surface area contributed by atoms with Crippen molar-refractivity contribution >= 4 is 21.7 Å². The number of Topliss-reactive ketones (excluding diaryl/α,β-unsaturated/α-hetero) is 1. The van der Waals surface area contributed by atoms with Gasteiger partial charge in [0, 0.05) is 22.0 Å². The summed E-state index contributed by atoms with van der Waals surface area (Å²) in [5.41, 5.74) is 1.06. The third-order valence-electron chi connectivity index (χ3n) is 2.90. The van der Waals surface area contributed by atoms with Gasteiger partial charge in [-0.05, 0) is 36.8 Å². The number of carbonyl (C=O) groups is 1. The van der Waals surface area contributed by atoms with Gasteiger partial charge in [0.2, 0.25) is 0 Å². The van der Waals surface area contributed by atoms with E-state index in [4.69, 9.17) is 0 Å². The molecule has 0 heterocycles. The molecule has 0 spiro atoms. The molecule has 2 aromatic rings. The highest BCUT2D eigenvalue weighted by atomic mass is 79.9. The average molecular weight is 325 g/mol. The third kappa shape index (κ3) is 3.07. The molecular weight excluding hydrogens is 314 g/mol. The molecule has 0 unspecified atom stereocenters. The Kier molecular flexibility index (Phi) is 4.10. The number of carbonyl (C=O) groups excluding carboxylic acids is 1. The van der Waals surface area contributed by atoms with Crippen molar-refractivity contribution in [1.82, 2.24) is 0 Å². The molecular formula is C15H11BrF2O. The molecule has 2 aromatic carbocycles. The standard InChI is InChI=1S/C15H11BrF2O/c1-9-5-6-10(16)7-11(9)15(19)8-12-13(17)3-2-4-14(12)18/h2-7H,8H2,1H3. The van der Waals surface area contributed by atoms with Gasteiger partial charge in [-0.15, -0.1) is 0 Å². The van der Waals surface area contributed by atoms with Crippen molar-refractivity contribution < 1.29 is 13.6 Å². The quantitative estimate of drug-likeness (QED) is 0.762. The van der Waals surface area contributed by atoms with Crippen LogP contribution in [-0.2, 0) is 6.42 Å². The van der Waals surface area contributed by atoms with Crippen LogP contribution in [0.15, 0.2) is 40.9 Å². The van der Waals surface area contributed by atoms with Gasteiger partial charge in [-0.2, -0.15) is 0 Å². The summed E-state index contributed by atoms with van der Waals surface area (Å²) >= 11 is 3.28. The van der Waals surface area contributed by atoms with E-state index in [-0.39, 0.29) is 17.8 Å². The number of ketones is 1.